The SMILES string of the molecule is O=C(NCc1cccnc1)C1CCCN(c2nc(Cc3ccc(Cl)cc3)ns2)C1. The van der Waals surface area contributed by atoms with Crippen LogP contribution >= 0.6 is 23.1 Å². The van der Waals surface area contributed by atoms with Crippen LogP contribution in [0.5, 0.6) is 0 Å². The normalized spacial score (nSPS) is 16.6. The number of pyridine rings is 1. The molecule has 150 valence electrons. The number of anilines is 1. The van der Waals surface area contributed by atoms with Gasteiger partial charge in [-0.3, -0.25) is 9.78 Å². The van der Waals surface area contributed by atoms with Gasteiger partial charge in [0.25, 0.3) is 0 Å². The zero-order valence-corrected chi connectivity index (χ0v) is 17.5. The summed E-state index contributed by atoms with van der Waals surface area (Å²) in [6.07, 6.45) is 6.05. The molecule has 4 rings (SSSR count). The first-order valence-electron chi connectivity index (χ1n) is 9.66. The molecule has 3 heterocycles. The molecule has 1 aliphatic rings. The van der Waals surface area contributed by atoms with Crippen molar-refractivity contribution in [2.75, 3.05) is 18.0 Å². The van der Waals surface area contributed by atoms with Gasteiger partial charge in [0.2, 0.25) is 11.0 Å². The third-order valence-corrected chi connectivity index (χ3v) is 6.05. The molecule has 1 aliphatic heterocycles. The Kier molecular flexibility index (Phi) is 6.36. The highest BCUT2D eigenvalue weighted by Crippen LogP contribution is 2.25. The largest absolute Gasteiger partial charge is 0.352 e. The zero-order valence-electron chi connectivity index (χ0n) is 15.9. The molecule has 6 nitrogen and oxygen atoms in total. The molecule has 1 aromatic carbocycles. The molecule has 1 amide bonds. The molecule has 0 spiro atoms. The van der Waals surface area contributed by atoms with Crippen LogP contribution in [-0.2, 0) is 17.8 Å². The summed E-state index contributed by atoms with van der Waals surface area (Å²) in [5, 5.41) is 4.65. The summed E-state index contributed by atoms with van der Waals surface area (Å²) in [4.78, 5) is 23.6. The molecule has 1 unspecified atom stereocenters. The Hall–Kier alpha value is -2.51. The molecular weight excluding hydrogens is 406 g/mol. The van der Waals surface area contributed by atoms with Crippen LogP contribution in [0.15, 0.2) is 48.8 Å². The molecule has 0 aliphatic carbocycles. The van der Waals surface area contributed by atoms with Crippen LogP contribution in [0.3, 0.4) is 0 Å². The van der Waals surface area contributed by atoms with E-state index in [9.17, 15) is 4.79 Å². The predicted molar refractivity (Wildman–Crippen MR) is 115 cm³/mol. The van der Waals surface area contributed by atoms with Crippen LogP contribution < -0.4 is 10.2 Å². The fourth-order valence-corrected chi connectivity index (χ4v) is 4.28. The predicted octanol–water partition coefficient (Wildman–Crippen LogP) is 3.71. The Morgan fingerprint density at radius 1 is 1.24 bits per heavy atom. The van der Waals surface area contributed by atoms with Crippen molar-refractivity contribution in [2.24, 2.45) is 5.92 Å². The van der Waals surface area contributed by atoms with Crippen molar-refractivity contribution in [3.8, 4) is 0 Å². The van der Waals surface area contributed by atoms with Gasteiger partial charge in [0.1, 0.15) is 5.82 Å². The number of amides is 1. The number of rotatable bonds is 6. The highest BCUT2D eigenvalue weighted by Gasteiger charge is 2.27. The van der Waals surface area contributed by atoms with Crippen molar-refractivity contribution >= 4 is 34.2 Å². The van der Waals surface area contributed by atoms with Gasteiger partial charge in [-0.15, -0.1) is 0 Å². The number of nitrogens with one attached hydrogen (secondary N) is 1. The summed E-state index contributed by atoms with van der Waals surface area (Å²) in [6, 6.07) is 11.6. The van der Waals surface area contributed by atoms with Crippen molar-refractivity contribution in [3.63, 3.8) is 0 Å². The van der Waals surface area contributed by atoms with Gasteiger partial charge in [-0.2, -0.15) is 4.37 Å². The molecular formula is C21H22ClN5OS. The number of halogens is 1. The second-order valence-corrected chi connectivity index (χ2v) is 8.33. The second-order valence-electron chi connectivity index (χ2n) is 7.16. The summed E-state index contributed by atoms with van der Waals surface area (Å²) >= 11 is 7.35. The minimum atomic E-state index is -0.0379. The molecule has 1 fully saturated rings. The van der Waals surface area contributed by atoms with Gasteiger partial charge in [0.05, 0.1) is 5.92 Å². The topological polar surface area (TPSA) is 71.0 Å². The van der Waals surface area contributed by atoms with Gasteiger partial charge in [-0.25, -0.2) is 4.98 Å². The number of carbonyl (C=O) groups excluding carboxylic acids is 1. The van der Waals surface area contributed by atoms with Crippen LogP contribution in [0.4, 0.5) is 5.13 Å². The van der Waals surface area contributed by atoms with E-state index in [1.165, 1.54) is 11.5 Å². The van der Waals surface area contributed by atoms with Crippen LogP contribution in [0.2, 0.25) is 5.02 Å². The standard InChI is InChI=1S/C21H22ClN5OS/c22-18-7-5-15(6-8-18)11-19-25-21(29-26-19)27-10-2-4-17(14-27)20(28)24-13-16-3-1-9-23-12-16/h1,3,5-9,12,17H,2,4,10-11,13-14H2,(H,24,28). The van der Waals surface area contributed by atoms with Crippen molar-refractivity contribution in [1.29, 1.82) is 0 Å². The molecule has 0 radical (unpaired) electrons. The maximum atomic E-state index is 12.6. The number of hydrogen-bond acceptors (Lipinski definition) is 6. The second kappa shape index (κ2) is 9.33. The lowest BCUT2D eigenvalue weighted by Crippen LogP contribution is -2.43. The van der Waals surface area contributed by atoms with Gasteiger partial charge in [0, 0.05) is 55.0 Å². The quantitative estimate of drug-likeness (QED) is 0.649. The molecule has 1 N–H and O–H groups in total. The van der Waals surface area contributed by atoms with Crippen molar-refractivity contribution < 1.29 is 4.79 Å². The summed E-state index contributed by atoms with van der Waals surface area (Å²) in [6.45, 7) is 2.09. The van der Waals surface area contributed by atoms with E-state index < -0.39 is 0 Å². The lowest BCUT2D eigenvalue weighted by molar-refractivity contribution is -0.125. The first-order chi connectivity index (χ1) is 14.2. The molecule has 8 heteroatoms. The van der Waals surface area contributed by atoms with Crippen LogP contribution in [-0.4, -0.2) is 33.3 Å². The van der Waals surface area contributed by atoms with E-state index in [1.54, 1.807) is 12.4 Å². The molecule has 1 saturated heterocycles. The number of carbonyl (C=O) groups is 1. The third kappa shape index (κ3) is 5.31. The van der Waals surface area contributed by atoms with E-state index in [0.717, 1.165) is 46.5 Å². The molecule has 3 aromatic rings. The van der Waals surface area contributed by atoms with Gasteiger partial charge in [-0.05, 0) is 42.2 Å². The van der Waals surface area contributed by atoms with E-state index in [2.05, 4.69) is 19.6 Å². The van der Waals surface area contributed by atoms with Crippen LogP contribution in [0.1, 0.15) is 29.8 Å². The first kappa shape index (κ1) is 19.8. The van der Waals surface area contributed by atoms with Crippen molar-refractivity contribution in [3.05, 3.63) is 70.8 Å². The Balaban J connectivity index is 1.34. The Morgan fingerprint density at radius 3 is 2.90 bits per heavy atom. The van der Waals surface area contributed by atoms with E-state index in [-0.39, 0.29) is 11.8 Å². The summed E-state index contributed by atoms with van der Waals surface area (Å²) in [5.41, 5.74) is 2.13. The Morgan fingerprint density at radius 2 is 2.10 bits per heavy atom. The number of hydrogen-bond donors (Lipinski definition) is 1. The number of piperidine rings is 1. The monoisotopic (exact) mass is 427 g/mol. The minimum absolute atomic E-state index is 0.0379. The Labute approximate surface area is 179 Å². The number of benzene rings is 1. The molecule has 0 bridgehead atoms. The average molecular weight is 428 g/mol. The van der Waals surface area contributed by atoms with Gasteiger partial charge in [0.15, 0.2) is 0 Å². The molecule has 0 saturated carbocycles. The summed E-state index contributed by atoms with van der Waals surface area (Å²) < 4.78 is 4.50. The third-order valence-electron chi connectivity index (χ3n) is 4.99. The molecule has 29 heavy (non-hydrogen) atoms. The lowest BCUT2D eigenvalue weighted by atomic mass is 9.97. The molecule has 1 atom stereocenters. The van der Waals surface area contributed by atoms with Crippen LogP contribution in [0.25, 0.3) is 0 Å². The van der Waals surface area contributed by atoms with E-state index in [0.29, 0.717) is 19.5 Å². The number of aromatic nitrogens is 3. The van der Waals surface area contributed by atoms with E-state index in [1.807, 2.05) is 36.4 Å². The zero-order chi connectivity index (χ0) is 20.1. The molecule has 2 aromatic heterocycles. The highest BCUT2D eigenvalue weighted by molar-refractivity contribution is 7.09. The average Bonchev–Trinajstić information content (AvgIpc) is 3.23. The highest BCUT2D eigenvalue weighted by atomic mass is 35.5. The van der Waals surface area contributed by atoms with Gasteiger partial charge >= 0.3 is 0 Å². The lowest BCUT2D eigenvalue weighted by Gasteiger charge is -2.31. The summed E-state index contributed by atoms with van der Waals surface area (Å²) in [7, 11) is 0. The summed E-state index contributed by atoms with van der Waals surface area (Å²) in [5.74, 6) is 0.851. The maximum absolute atomic E-state index is 12.6. The first-order valence-corrected chi connectivity index (χ1v) is 10.8. The fourth-order valence-electron chi connectivity index (χ4n) is 3.43. The number of nitrogens with zero attached hydrogens (tertiary/aromatic N) is 4. The van der Waals surface area contributed by atoms with Gasteiger partial charge < -0.3 is 10.2 Å². The minimum Gasteiger partial charge on any atom is -0.352 e. The van der Waals surface area contributed by atoms with E-state index in [4.69, 9.17) is 16.6 Å². The van der Waals surface area contributed by atoms with Crippen molar-refractivity contribution in [2.45, 2.75) is 25.8 Å². The smallest absolute Gasteiger partial charge is 0.225 e. The van der Waals surface area contributed by atoms with Crippen molar-refractivity contribution in [1.82, 2.24) is 19.7 Å². The maximum Gasteiger partial charge on any atom is 0.225 e. The fraction of sp³-hybridized carbons (Fsp3) is 0.333. The Bertz CT molecular complexity index is 947. The van der Waals surface area contributed by atoms with E-state index >= 15 is 0 Å². The van der Waals surface area contributed by atoms with Crippen LogP contribution in [0, 0.1) is 5.92 Å². The van der Waals surface area contributed by atoms with Gasteiger partial charge in [-0.1, -0.05) is 29.8 Å².